The molecule has 1 unspecified atom stereocenters. The molecule has 6 heteroatoms. The van der Waals surface area contributed by atoms with Crippen LogP contribution in [0.2, 0.25) is 0 Å². The van der Waals surface area contributed by atoms with Gasteiger partial charge in [-0.05, 0) is 11.6 Å². The number of carboxylic acid groups (broad SMARTS) is 1. The van der Waals surface area contributed by atoms with Crippen LogP contribution < -0.4 is 5.32 Å². The number of amides is 1. The Balaban J connectivity index is 2.42. The summed E-state index contributed by atoms with van der Waals surface area (Å²) in [7, 11) is 0. The number of carbonyl (C=O) groups excluding carboxylic acids is 2. The summed E-state index contributed by atoms with van der Waals surface area (Å²) in [6, 6.07) is 6.18. The fourth-order valence-corrected chi connectivity index (χ4v) is 2.05. The van der Waals surface area contributed by atoms with E-state index in [4.69, 9.17) is 5.11 Å². The van der Waals surface area contributed by atoms with Crippen molar-refractivity contribution < 1.29 is 19.5 Å². The van der Waals surface area contributed by atoms with Gasteiger partial charge in [-0.2, -0.15) is 0 Å². The zero-order chi connectivity index (χ0) is 13.8. The molecule has 0 saturated heterocycles. The molecule has 2 rings (SSSR count). The molecule has 98 valence electrons. The lowest BCUT2D eigenvalue weighted by molar-refractivity contribution is -0.140. The van der Waals surface area contributed by atoms with Crippen molar-refractivity contribution in [2.24, 2.45) is 0 Å². The highest BCUT2D eigenvalue weighted by atomic mass is 16.4. The van der Waals surface area contributed by atoms with Crippen LogP contribution in [0.25, 0.3) is 10.9 Å². The van der Waals surface area contributed by atoms with Gasteiger partial charge < -0.3 is 10.4 Å². The van der Waals surface area contributed by atoms with Crippen LogP contribution >= 0.6 is 0 Å². The van der Waals surface area contributed by atoms with Gasteiger partial charge in [0.15, 0.2) is 0 Å². The Kier molecular flexibility index (Phi) is 3.61. The molecule has 19 heavy (non-hydrogen) atoms. The SMILES string of the molecule is O=CNC(Cc1cn(C=O)c2ccccc12)C(=O)O. The van der Waals surface area contributed by atoms with Crippen molar-refractivity contribution in [2.75, 3.05) is 0 Å². The lowest BCUT2D eigenvalue weighted by Crippen LogP contribution is -2.37. The van der Waals surface area contributed by atoms with Crippen molar-refractivity contribution >= 4 is 29.7 Å². The molecule has 2 aromatic rings. The number of nitrogens with one attached hydrogen (secondary N) is 1. The molecule has 1 atom stereocenters. The summed E-state index contributed by atoms with van der Waals surface area (Å²) < 4.78 is 1.39. The third-order valence-electron chi connectivity index (χ3n) is 2.93. The minimum absolute atomic E-state index is 0.120. The van der Waals surface area contributed by atoms with Gasteiger partial charge >= 0.3 is 5.97 Å². The van der Waals surface area contributed by atoms with E-state index in [1.807, 2.05) is 12.1 Å². The van der Waals surface area contributed by atoms with Crippen LogP contribution in [-0.2, 0) is 20.8 Å². The van der Waals surface area contributed by atoms with E-state index in [-0.39, 0.29) is 6.42 Å². The van der Waals surface area contributed by atoms with E-state index < -0.39 is 12.0 Å². The van der Waals surface area contributed by atoms with Gasteiger partial charge in [-0.15, -0.1) is 0 Å². The molecule has 0 spiro atoms. The quantitative estimate of drug-likeness (QED) is 0.737. The molecule has 2 N–H and O–H groups in total. The minimum atomic E-state index is -1.12. The largest absolute Gasteiger partial charge is 0.480 e. The van der Waals surface area contributed by atoms with Crippen molar-refractivity contribution in [3.8, 4) is 0 Å². The third-order valence-corrected chi connectivity index (χ3v) is 2.93. The first-order chi connectivity index (χ1) is 9.17. The number of nitrogens with zero attached hydrogens (tertiary/aromatic N) is 1. The van der Waals surface area contributed by atoms with Crippen LogP contribution in [0.4, 0.5) is 0 Å². The number of hydrogen-bond donors (Lipinski definition) is 2. The fraction of sp³-hybridized carbons (Fsp3) is 0.154. The molecule has 1 aromatic carbocycles. The van der Waals surface area contributed by atoms with Crippen LogP contribution in [0.3, 0.4) is 0 Å². The summed E-state index contributed by atoms with van der Waals surface area (Å²) in [4.78, 5) is 32.4. The highest BCUT2D eigenvalue weighted by molar-refractivity contribution is 5.89. The summed E-state index contributed by atoms with van der Waals surface area (Å²) in [5.41, 5.74) is 1.41. The molecular weight excluding hydrogens is 248 g/mol. The number of aliphatic carboxylic acids is 1. The average Bonchev–Trinajstić information content (AvgIpc) is 2.76. The van der Waals surface area contributed by atoms with Crippen molar-refractivity contribution in [3.63, 3.8) is 0 Å². The highest BCUT2D eigenvalue weighted by Crippen LogP contribution is 2.21. The normalized spacial score (nSPS) is 12.0. The first-order valence-electron chi connectivity index (χ1n) is 5.63. The van der Waals surface area contributed by atoms with Gasteiger partial charge in [-0.1, -0.05) is 18.2 Å². The Morgan fingerprint density at radius 3 is 2.74 bits per heavy atom. The number of rotatable bonds is 6. The van der Waals surface area contributed by atoms with Gasteiger partial charge in [0.25, 0.3) is 0 Å². The number of carboxylic acids is 1. The van der Waals surface area contributed by atoms with Crippen LogP contribution in [0.15, 0.2) is 30.5 Å². The number of benzene rings is 1. The molecule has 1 heterocycles. The number of fused-ring (bicyclic) bond motifs is 1. The Bertz CT molecular complexity index is 633. The second-order valence-corrected chi connectivity index (χ2v) is 4.06. The maximum Gasteiger partial charge on any atom is 0.326 e. The van der Waals surface area contributed by atoms with E-state index in [1.54, 1.807) is 18.3 Å². The molecule has 0 radical (unpaired) electrons. The van der Waals surface area contributed by atoms with Crippen molar-refractivity contribution in [1.29, 1.82) is 0 Å². The second-order valence-electron chi connectivity index (χ2n) is 4.06. The van der Waals surface area contributed by atoms with Crippen LogP contribution in [0.5, 0.6) is 0 Å². The van der Waals surface area contributed by atoms with Gasteiger partial charge in [0, 0.05) is 18.0 Å². The van der Waals surface area contributed by atoms with Gasteiger partial charge in [0.05, 0.1) is 5.52 Å². The zero-order valence-corrected chi connectivity index (χ0v) is 9.95. The standard InChI is InChI=1S/C13H12N2O4/c16-7-14-11(13(18)19)5-9-6-15(8-17)12-4-2-1-3-10(9)12/h1-4,6-8,11H,5H2,(H,14,16)(H,18,19). The fourth-order valence-electron chi connectivity index (χ4n) is 2.05. The maximum absolute atomic E-state index is 11.0. The topological polar surface area (TPSA) is 88.4 Å². The van der Waals surface area contributed by atoms with E-state index in [0.29, 0.717) is 23.9 Å². The van der Waals surface area contributed by atoms with Crippen molar-refractivity contribution in [2.45, 2.75) is 12.5 Å². The number of carbonyl (C=O) groups is 3. The average molecular weight is 260 g/mol. The van der Waals surface area contributed by atoms with E-state index >= 15 is 0 Å². The summed E-state index contributed by atoms with van der Waals surface area (Å²) in [5.74, 6) is -1.12. The zero-order valence-electron chi connectivity index (χ0n) is 9.95. The van der Waals surface area contributed by atoms with Gasteiger partial charge in [-0.3, -0.25) is 14.2 Å². The van der Waals surface area contributed by atoms with Gasteiger partial charge in [0.1, 0.15) is 6.04 Å². The van der Waals surface area contributed by atoms with Crippen molar-refractivity contribution in [1.82, 2.24) is 9.88 Å². The van der Waals surface area contributed by atoms with Crippen LogP contribution in [0, 0.1) is 0 Å². The Labute approximate surface area is 108 Å². The number of aromatic nitrogens is 1. The molecule has 0 aliphatic carbocycles. The Hall–Kier alpha value is -2.63. The summed E-state index contributed by atoms with van der Waals surface area (Å²) in [5, 5.41) is 12.0. The lowest BCUT2D eigenvalue weighted by atomic mass is 10.1. The minimum Gasteiger partial charge on any atom is -0.480 e. The maximum atomic E-state index is 11.0. The highest BCUT2D eigenvalue weighted by Gasteiger charge is 2.19. The molecule has 0 fully saturated rings. The summed E-state index contributed by atoms with van der Waals surface area (Å²) in [6.45, 7) is 0. The second kappa shape index (κ2) is 5.34. The van der Waals surface area contributed by atoms with E-state index in [2.05, 4.69) is 5.32 Å². The first-order valence-corrected chi connectivity index (χ1v) is 5.63. The van der Waals surface area contributed by atoms with Crippen molar-refractivity contribution in [3.05, 3.63) is 36.0 Å². The lowest BCUT2D eigenvalue weighted by Gasteiger charge is -2.09. The predicted molar refractivity (Wildman–Crippen MR) is 68.4 cm³/mol. The van der Waals surface area contributed by atoms with E-state index in [0.717, 1.165) is 5.39 Å². The predicted octanol–water partition coefficient (Wildman–Crippen LogP) is 0.421. The third kappa shape index (κ3) is 2.47. The molecule has 6 nitrogen and oxygen atoms in total. The van der Waals surface area contributed by atoms with Gasteiger partial charge in [0.2, 0.25) is 12.8 Å². The molecule has 0 aliphatic heterocycles. The van der Waals surface area contributed by atoms with Crippen LogP contribution in [-0.4, -0.2) is 34.5 Å². The number of para-hydroxylation sites is 1. The summed E-state index contributed by atoms with van der Waals surface area (Å²) in [6.07, 6.45) is 2.72. The summed E-state index contributed by atoms with van der Waals surface area (Å²) >= 11 is 0. The molecule has 1 amide bonds. The van der Waals surface area contributed by atoms with E-state index in [1.165, 1.54) is 4.57 Å². The molecular formula is C13H12N2O4. The first kappa shape index (κ1) is 12.8. The smallest absolute Gasteiger partial charge is 0.326 e. The molecule has 0 saturated carbocycles. The monoisotopic (exact) mass is 260 g/mol. The Morgan fingerprint density at radius 1 is 1.37 bits per heavy atom. The van der Waals surface area contributed by atoms with Gasteiger partial charge in [-0.25, -0.2) is 4.79 Å². The molecule has 1 aromatic heterocycles. The van der Waals surface area contributed by atoms with E-state index in [9.17, 15) is 14.4 Å². The molecule has 0 bridgehead atoms. The number of hydrogen-bond acceptors (Lipinski definition) is 3. The molecule has 0 aliphatic rings. The Morgan fingerprint density at radius 2 is 2.11 bits per heavy atom. The van der Waals surface area contributed by atoms with Crippen LogP contribution in [0.1, 0.15) is 5.56 Å².